The molecule has 1 aromatic carbocycles. The van der Waals surface area contributed by atoms with Crippen LogP contribution < -0.4 is 0 Å². The van der Waals surface area contributed by atoms with Crippen molar-refractivity contribution in [2.45, 2.75) is 18.9 Å². The Kier molecular flexibility index (Phi) is 3.10. The van der Waals surface area contributed by atoms with Crippen LogP contribution in [0.15, 0.2) is 41.7 Å². The molecule has 0 unspecified atom stereocenters. The predicted molar refractivity (Wildman–Crippen MR) is 84.1 cm³/mol. The lowest BCUT2D eigenvalue weighted by Crippen LogP contribution is -1.99. The molecule has 0 saturated carbocycles. The number of aryl methyl sites for hydroxylation is 2. The fraction of sp³-hybridized carbons (Fsp3) is 0.188. The van der Waals surface area contributed by atoms with Gasteiger partial charge in [-0.3, -0.25) is 0 Å². The summed E-state index contributed by atoms with van der Waals surface area (Å²) in [5.74, 6) is 0. The van der Waals surface area contributed by atoms with Crippen molar-refractivity contribution in [3.05, 3.63) is 47.8 Å². The molecule has 2 aromatic heterocycles. The number of hydrogen-bond donors (Lipinski definition) is 1. The highest BCUT2D eigenvalue weighted by Gasteiger charge is 2.11. The van der Waals surface area contributed by atoms with Gasteiger partial charge in [0, 0.05) is 40.7 Å². The summed E-state index contributed by atoms with van der Waals surface area (Å²) in [6.45, 7) is 4.16. The smallest absolute Gasteiger partial charge is 0.192 e. The van der Waals surface area contributed by atoms with Crippen LogP contribution in [0.5, 0.6) is 0 Å². The van der Waals surface area contributed by atoms with Gasteiger partial charge in [-0.15, -0.1) is 0 Å². The first-order chi connectivity index (χ1) is 9.86. The molecule has 4 nitrogen and oxygen atoms in total. The van der Waals surface area contributed by atoms with Crippen molar-refractivity contribution in [3.63, 3.8) is 0 Å². The Bertz CT molecular complexity index is 923. The molecule has 0 fully saturated rings. The number of nitrogens with zero attached hydrogens (tertiary/aromatic N) is 1. The third-order valence-corrected chi connectivity index (χ3v) is 4.72. The zero-order valence-corrected chi connectivity index (χ0v) is 13.0. The van der Waals surface area contributed by atoms with Crippen molar-refractivity contribution in [1.82, 2.24) is 9.97 Å². The molecule has 0 aliphatic rings. The van der Waals surface area contributed by atoms with Crippen molar-refractivity contribution in [2.24, 2.45) is 0 Å². The van der Waals surface area contributed by atoms with Crippen LogP contribution in [0.2, 0.25) is 0 Å². The summed E-state index contributed by atoms with van der Waals surface area (Å²) in [5, 5.41) is 1.21. The lowest BCUT2D eigenvalue weighted by Gasteiger charge is -2.04. The molecular weight excluding hydrogens is 284 g/mol. The molecule has 3 aromatic rings. The van der Waals surface area contributed by atoms with Crippen molar-refractivity contribution >= 4 is 20.7 Å². The Balaban J connectivity index is 2.15. The van der Waals surface area contributed by atoms with Crippen LogP contribution in [0.4, 0.5) is 0 Å². The maximum atomic E-state index is 11.5. The summed E-state index contributed by atoms with van der Waals surface area (Å²) in [6, 6.07) is 7.60. The van der Waals surface area contributed by atoms with Gasteiger partial charge in [-0.2, -0.15) is 0 Å². The van der Waals surface area contributed by atoms with E-state index < -0.39 is 9.84 Å². The summed E-state index contributed by atoms with van der Waals surface area (Å²) in [5.41, 5.74) is 5.46. The Labute approximate surface area is 123 Å². The second-order valence-electron chi connectivity index (χ2n) is 5.34. The normalized spacial score (nSPS) is 12.0. The van der Waals surface area contributed by atoms with Gasteiger partial charge in [0.2, 0.25) is 0 Å². The number of aromatic nitrogens is 2. The van der Waals surface area contributed by atoms with E-state index in [0.29, 0.717) is 0 Å². The molecule has 1 N–H and O–H groups in total. The molecule has 3 rings (SSSR count). The fourth-order valence-corrected chi connectivity index (χ4v) is 2.94. The van der Waals surface area contributed by atoms with Crippen LogP contribution in [-0.2, 0) is 9.84 Å². The van der Waals surface area contributed by atoms with E-state index in [2.05, 4.69) is 35.9 Å². The molecule has 0 aliphatic heterocycles. The van der Waals surface area contributed by atoms with Gasteiger partial charge < -0.3 is 4.98 Å². The lowest BCUT2D eigenvalue weighted by atomic mass is 10.0. The van der Waals surface area contributed by atoms with E-state index in [1.807, 2.05) is 6.20 Å². The molecular formula is C16H16N2O2S. The van der Waals surface area contributed by atoms with Crippen LogP contribution in [-0.4, -0.2) is 24.6 Å². The van der Waals surface area contributed by atoms with Crippen LogP contribution in [0.1, 0.15) is 11.1 Å². The number of aromatic amines is 1. The van der Waals surface area contributed by atoms with Gasteiger partial charge in [0.25, 0.3) is 0 Å². The molecule has 0 spiro atoms. The second-order valence-corrected chi connectivity index (χ2v) is 7.30. The third-order valence-electron chi connectivity index (χ3n) is 3.72. The molecule has 0 radical (unpaired) electrons. The monoisotopic (exact) mass is 300 g/mol. The van der Waals surface area contributed by atoms with Crippen LogP contribution in [0.25, 0.3) is 22.0 Å². The topological polar surface area (TPSA) is 62.8 Å². The fourth-order valence-electron chi connectivity index (χ4n) is 2.38. The maximum Gasteiger partial charge on any atom is 0.192 e. The number of H-pyrrole nitrogens is 1. The third kappa shape index (κ3) is 2.45. The zero-order valence-electron chi connectivity index (χ0n) is 12.1. The number of pyridine rings is 1. The minimum absolute atomic E-state index is 0.0955. The maximum absolute atomic E-state index is 11.5. The summed E-state index contributed by atoms with van der Waals surface area (Å²) >= 11 is 0. The first-order valence-electron chi connectivity index (χ1n) is 6.61. The van der Waals surface area contributed by atoms with E-state index in [1.54, 1.807) is 18.3 Å². The largest absolute Gasteiger partial charge is 0.361 e. The number of sulfone groups is 1. The minimum atomic E-state index is -3.26. The van der Waals surface area contributed by atoms with Crippen molar-refractivity contribution < 1.29 is 8.42 Å². The summed E-state index contributed by atoms with van der Waals surface area (Å²) < 4.78 is 22.9. The highest BCUT2D eigenvalue weighted by atomic mass is 32.2. The van der Waals surface area contributed by atoms with Gasteiger partial charge in [0.05, 0.1) is 0 Å². The van der Waals surface area contributed by atoms with E-state index in [9.17, 15) is 8.42 Å². The summed E-state index contributed by atoms with van der Waals surface area (Å²) in [4.78, 5) is 7.30. The van der Waals surface area contributed by atoms with E-state index in [0.717, 1.165) is 28.3 Å². The quantitative estimate of drug-likeness (QED) is 0.790. The molecule has 21 heavy (non-hydrogen) atoms. The van der Waals surface area contributed by atoms with Crippen LogP contribution in [0, 0.1) is 13.8 Å². The van der Waals surface area contributed by atoms with Gasteiger partial charge in [0.15, 0.2) is 14.9 Å². The molecule has 2 heterocycles. The molecule has 0 saturated heterocycles. The summed E-state index contributed by atoms with van der Waals surface area (Å²) in [7, 11) is -3.26. The highest BCUT2D eigenvalue weighted by Crippen LogP contribution is 2.30. The number of rotatable bonds is 2. The van der Waals surface area contributed by atoms with Crippen molar-refractivity contribution in [3.8, 4) is 11.1 Å². The standard InChI is InChI=1S/C16H16N2O2S/c1-10-6-13-14(9-17-15(13)7-11(10)2)12-4-5-16(18-8-12)21(3,19)20/h4-9,17H,1-3H3. The highest BCUT2D eigenvalue weighted by molar-refractivity contribution is 7.90. The molecule has 5 heteroatoms. The van der Waals surface area contributed by atoms with E-state index >= 15 is 0 Å². The molecule has 108 valence electrons. The Hall–Kier alpha value is -2.14. The molecule has 0 aliphatic carbocycles. The molecule has 0 amide bonds. The Morgan fingerprint density at radius 1 is 1.10 bits per heavy atom. The number of hydrogen-bond acceptors (Lipinski definition) is 3. The van der Waals surface area contributed by atoms with E-state index in [-0.39, 0.29) is 5.03 Å². The van der Waals surface area contributed by atoms with Gasteiger partial charge in [-0.1, -0.05) is 0 Å². The van der Waals surface area contributed by atoms with Gasteiger partial charge >= 0.3 is 0 Å². The first kappa shape index (κ1) is 13.8. The number of nitrogens with one attached hydrogen (secondary N) is 1. The zero-order chi connectivity index (χ0) is 15.2. The lowest BCUT2D eigenvalue weighted by molar-refractivity contribution is 0.598. The second kappa shape index (κ2) is 4.70. The molecule has 0 atom stereocenters. The predicted octanol–water partition coefficient (Wildman–Crippen LogP) is 3.25. The first-order valence-corrected chi connectivity index (χ1v) is 8.50. The molecule has 0 bridgehead atoms. The number of fused-ring (bicyclic) bond motifs is 1. The van der Waals surface area contributed by atoms with Gasteiger partial charge in [0.1, 0.15) is 0 Å². The Morgan fingerprint density at radius 3 is 2.43 bits per heavy atom. The van der Waals surface area contributed by atoms with Crippen LogP contribution >= 0.6 is 0 Å². The van der Waals surface area contributed by atoms with Crippen molar-refractivity contribution in [1.29, 1.82) is 0 Å². The van der Waals surface area contributed by atoms with E-state index in [4.69, 9.17) is 0 Å². The minimum Gasteiger partial charge on any atom is -0.361 e. The van der Waals surface area contributed by atoms with E-state index in [1.165, 1.54) is 11.1 Å². The SMILES string of the molecule is Cc1cc2[nH]cc(-c3ccc(S(C)(=O)=O)nc3)c2cc1C. The van der Waals surface area contributed by atoms with Gasteiger partial charge in [-0.05, 0) is 49.2 Å². The average Bonchev–Trinajstić information content (AvgIpc) is 2.81. The summed E-state index contributed by atoms with van der Waals surface area (Å²) in [6.07, 6.45) is 4.70. The van der Waals surface area contributed by atoms with Crippen molar-refractivity contribution in [2.75, 3.05) is 6.26 Å². The van der Waals surface area contributed by atoms with Gasteiger partial charge in [-0.25, -0.2) is 13.4 Å². The average molecular weight is 300 g/mol. The Morgan fingerprint density at radius 2 is 1.81 bits per heavy atom. The number of benzene rings is 1. The van der Waals surface area contributed by atoms with Crippen LogP contribution in [0.3, 0.4) is 0 Å².